The number of methoxy groups -OCH3 is 2. The van der Waals surface area contributed by atoms with Gasteiger partial charge in [-0.1, -0.05) is 30.3 Å². The molecule has 2 aromatic carbocycles. The lowest BCUT2D eigenvalue weighted by Gasteiger charge is -2.22. The van der Waals surface area contributed by atoms with Crippen LogP contribution in [0, 0.1) is 0 Å². The Morgan fingerprint density at radius 1 is 0.920 bits per heavy atom. The molecule has 5 heteroatoms. The van der Waals surface area contributed by atoms with Crippen molar-refractivity contribution >= 4 is 11.9 Å². The molecule has 0 aliphatic carbocycles. The number of nitrogens with zero attached hydrogens (tertiary/aromatic N) is 1. The van der Waals surface area contributed by atoms with E-state index in [9.17, 15) is 9.59 Å². The molecule has 0 saturated heterocycles. The molecule has 25 heavy (non-hydrogen) atoms. The fourth-order valence-corrected chi connectivity index (χ4v) is 2.46. The number of ether oxygens (including phenoxy) is 2. The van der Waals surface area contributed by atoms with Gasteiger partial charge in [-0.15, -0.1) is 0 Å². The van der Waals surface area contributed by atoms with Crippen molar-refractivity contribution in [3.8, 4) is 5.75 Å². The second-order valence-electron chi connectivity index (χ2n) is 5.58. The van der Waals surface area contributed by atoms with Crippen LogP contribution in [0.15, 0.2) is 54.6 Å². The first-order chi connectivity index (χ1) is 12.1. The fourth-order valence-electron chi connectivity index (χ4n) is 2.46. The predicted molar refractivity (Wildman–Crippen MR) is 95.7 cm³/mol. The van der Waals surface area contributed by atoms with Crippen molar-refractivity contribution in [3.63, 3.8) is 0 Å². The number of rotatable bonds is 8. The van der Waals surface area contributed by atoms with Crippen molar-refractivity contribution < 1.29 is 19.1 Å². The maximum atomic E-state index is 12.7. The minimum Gasteiger partial charge on any atom is -0.497 e. The molecular weight excluding hydrogens is 318 g/mol. The zero-order valence-electron chi connectivity index (χ0n) is 14.6. The molecule has 0 aliphatic heterocycles. The van der Waals surface area contributed by atoms with E-state index in [2.05, 4.69) is 4.74 Å². The van der Waals surface area contributed by atoms with Crippen LogP contribution in [-0.2, 0) is 16.0 Å². The zero-order chi connectivity index (χ0) is 18.1. The van der Waals surface area contributed by atoms with E-state index in [0.717, 1.165) is 11.3 Å². The average molecular weight is 341 g/mol. The third-order valence-corrected chi connectivity index (χ3v) is 3.95. The van der Waals surface area contributed by atoms with E-state index >= 15 is 0 Å². The first-order valence-electron chi connectivity index (χ1n) is 8.18. The van der Waals surface area contributed by atoms with Crippen molar-refractivity contribution in [2.75, 3.05) is 27.3 Å². The molecule has 2 aromatic rings. The van der Waals surface area contributed by atoms with Crippen LogP contribution in [0.3, 0.4) is 0 Å². The van der Waals surface area contributed by atoms with Gasteiger partial charge in [0.1, 0.15) is 5.75 Å². The van der Waals surface area contributed by atoms with E-state index in [0.29, 0.717) is 25.1 Å². The molecular formula is C20H23NO4. The molecule has 2 rings (SSSR count). The monoisotopic (exact) mass is 341 g/mol. The van der Waals surface area contributed by atoms with Crippen LogP contribution in [0.1, 0.15) is 22.3 Å². The van der Waals surface area contributed by atoms with Crippen LogP contribution in [0.4, 0.5) is 0 Å². The lowest BCUT2D eigenvalue weighted by molar-refractivity contribution is -0.140. The summed E-state index contributed by atoms with van der Waals surface area (Å²) in [5, 5.41) is 0. The number of hydrogen-bond acceptors (Lipinski definition) is 4. The minimum atomic E-state index is -0.324. The van der Waals surface area contributed by atoms with E-state index in [1.165, 1.54) is 7.11 Å². The normalized spacial score (nSPS) is 10.2. The number of hydrogen-bond donors (Lipinski definition) is 0. The van der Waals surface area contributed by atoms with Gasteiger partial charge in [-0.25, -0.2) is 0 Å². The van der Waals surface area contributed by atoms with E-state index in [-0.39, 0.29) is 18.3 Å². The highest BCUT2D eigenvalue weighted by atomic mass is 16.5. The number of carbonyl (C=O) groups excluding carboxylic acids is 2. The summed E-state index contributed by atoms with van der Waals surface area (Å²) in [6.07, 6.45) is 0.876. The molecule has 0 N–H and O–H groups in total. The lowest BCUT2D eigenvalue weighted by atomic mass is 10.1. The Morgan fingerprint density at radius 2 is 1.60 bits per heavy atom. The van der Waals surface area contributed by atoms with Gasteiger partial charge in [0.05, 0.1) is 20.6 Å². The van der Waals surface area contributed by atoms with Crippen LogP contribution >= 0.6 is 0 Å². The molecule has 0 heterocycles. The third kappa shape index (κ3) is 5.64. The lowest BCUT2D eigenvalue weighted by Crippen LogP contribution is -2.35. The van der Waals surface area contributed by atoms with Gasteiger partial charge < -0.3 is 14.4 Å². The molecule has 132 valence electrons. The number of esters is 1. The topological polar surface area (TPSA) is 55.8 Å². The molecule has 0 saturated carbocycles. The van der Waals surface area contributed by atoms with Crippen molar-refractivity contribution in [1.82, 2.24) is 4.90 Å². The summed E-state index contributed by atoms with van der Waals surface area (Å²) in [7, 11) is 2.98. The standard InChI is InChI=1S/C20H23NO4/c1-24-18-10-8-16(9-11-18)12-14-21(15-13-19(22)25-2)20(23)17-6-4-3-5-7-17/h3-11H,12-15H2,1-2H3. The van der Waals surface area contributed by atoms with Gasteiger partial charge in [0, 0.05) is 18.7 Å². The largest absolute Gasteiger partial charge is 0.497 e. The molecule has 0 spiro atoms. The Hall–Kier alpha value is -2.82. The van der Waals surface area contributed by atoms with Crippen molar-refractivity contribution in [2.24, 2.45) is 0 Å². The van der Waals surface area contributed by atoms with E-state index in [1.807, 2.05) is 42.5 Å². The number of benzene rings is 2. The van der Waals surface area contributed by atoms with E-state index < -0.39 is 0 Å². The summed E-state index contributed by atoms with van der Waals surface area (Å²) in [4.78, 5) is 25.9. The minimum absolute atomic E-state index is 0.0852. The molecule has 0 aromatic heterocycles. The summed E-state index contributed by atoms with van der Waals surface area (Å²) in [6.45, 7) is 0.855. The summed E-state index contributed by atoms with van der Waals surface area (Å²) in [5.41, 5.74) is 1.71. The van der Waals surface area contributed by atoms with Crippen molar-refractivity contribution in [1.29, 1.82) is 0 Å². The summed E-state index contributed by atoms with van der Waals surface area (Å²) in [5.74, 6) is 0.389. The SMILES string of the molecule is COC(=O)CCN(CCc1ccc(OC)cc1)C(=O)c1ccccc1. The highest BCUT2D eigenvalue weighted by Gasteiger charge is 2.17. The Kier molecular flexibility index (Phi) is 7.01. The van der Waals surface area contributed by atoms with Crippen LogP contribution < -0.4 is 4.74 Å². The summed E-state index contributed by atoms with van der Waals surface area (Å²) >= 11 is 0. The van der Waals surface area contributed by atoms with Gasteiger partial charge >= 0.3 is 5.97 Å². The molecule has 0 aliphatic rings. The molecule has 1 amide bonds. The van der Waals surface area contributed by atoms with E-state index in [1.54, 1.807) is 24.1 Å². The molecule has 5 nitrogen and oxygen atoms in total. The average Bonchev–Trinajstić information content (AvgIpc) is 2.68. The van der Waals surface area contributed by atoms with Gasteiger partial charge in [-0.05, 0) is 36.2 Å². The van der Waals surface area contributed by atoms with Gasteiger partial charge in [0.15, 0.2) is 0 Å². The van der Waals surface area contributed by atoms with Crippen LogP contribution in [0.2, 0.25) is 0 Å². The second-order valence-corrected chi connectivity index (χ2v) is 5.58. The van der Waals surface area contributed by atoms with Crippen LogP contribution in [-0.4, -0.2) is 44.1 Å². The number of carbonyl (C=O) groups is 2. The highest BCUT2D eigenvalue weighted by Crippen LogP contribution is 2.13. The predicted octanol–water partition coefficient (Wildman–Crippen LogP) is 2.94. The van der Waals surface area contributed by atoms with E-state index in [4.69, 9.17) is 4.74 Å². The maximum Gasteiger partial charge on any atom is 0.307 e. The Balaban J connectivity index is 2.04. The second kappa shape index (κ2) is 9.47. The Bertz CT molecular complexity index is 683. The first kappa shape index (κ1) is 18.5. The first-order valence-corrected chi connectivity index (χ1v) is 8.18. The highest BCUT2D eigenvalue weighted by molar-refractivity contribution is 5.94. The zero-order valence-corrected chi connectivity index (χ0v) is 14.6. The maximum absolute atomic E-state index is 12.7. The van der Waals surface area contributed by atoms with Gasteiger partial charge in [-0.2, -0.15) is 0 Å². The molecule has 0 bridgehead atoms. The fraction of sp³-hybridized carbons (Fsp3) is 0.300. The molecule has 0 unspecified atom stereocenters. The van der Waals surface area contributed by atoms with Gasteiger partial charge in [-0.3, -0.25) is 9.59 Å². The summed E-state index contributed by atoms with van der Waals surface area (Å²) in [6, 6.07) is 16.8. The van der Waals surface area contributed by atoms with Crippen LogP contribution in [0.25, 0.3) is 0 Å². The van der Waals surface area contributed by atoms with Gasteiger partial charge in [0.2, 0.25) is 0 Å². The Morgan fingerprint density at radius 3 is 2.20 bits per heavy atom. The quantitative estimate of drug-likeness (QED) is 0.693. The van der Waals surface area contributed by atoms with Crippen molar-refractivity contribution in [3.05, 3.63) is 65.7 Å². The van der Waals surface area contributed by atoms with Crippen molar-refractivity contribution in [2.45, 2.75) is 12.8 Å². The number of amides is 1. The van der Waals surface area contributed by atoms with Gasteiger partial charge in [0.25, 0.3) is 5.91 Å². The third-order valence-electron chi connectivity index (χ3n) is 3.95. The molecule has 0 fully saturated rings. The molecule has 0 atom stereocenters. The smallest absolute Gasteiger partial charge is 0.307 e. The van der Waals surface area contributed by atoms with Crippen LogP contribution in [0.5, 0.6) is 5.75 Å². The molecule has 0 radical (unpaired) electrons. The summed E-state index contributed by atoms with van der Waals surface area (Å²) < 4.78 is 9.84. The Labute approximate surface area is 148 Å².